The number of urea groups is 1. The summed E-state index contributed by atoms with van der Waals surface area (Å²) in [6.07, 6.45) is 3.30. The van der Waals surface area contributed by atoms with Gasteiger partial charge < -0.3 is 15.1 Å². The Bertz CT molecular complexity index is 838. The SMILES string of the molecule is Cc1ccc(C2=NOC3(CCN(C(=O)NCCc4ccccc4)CC3)C2)cc1. The monoisotopic (exact) mass is 377 g/mol. The minimum absolute atomic E-state index is 0.0171. The van der Waals surface area contributed by atoms with Crippen LogP contribution in [0, 0.1) is 6.92 Å². The van der Waals surface area contributed by atoms with Gasteiger partial charge in [0.25, 0.3) is 0 Å². The van der Waals surface area contributed by atoms with E-state index in [1.165, 1.54) is 11.1 Å². The van der Waals surface area contributed by atoms with Crippen LogP contribution >= 0.6 is 0 Å². The van der Waals surface area contributed by atoms with Gasteiger partial charge in [-0.25, -0.2) is 4.79 Å². The summed E-state index contributed by atoms with van der Waals surface area (Å²) in [6, 6.07) is 18.6. The lowest BCUT2D eigenvalue weighted by molar-refractivity contribution is -0.0550. The fourth-order valence-electron chi connectivity index (χ4n) is 3.88. The number of benzene rings is 2. The van der Waals surface area contributed by atoms with Crippen LogP contribution in [0.15, 0.2) is 59.8 Å². The molecule has 1 N–H and O–H groups in total. The second kappa shape index (κ2) is 8.05. The number of carbonyl (C=O) groups is 1. The number of oxime groups is 1. The molecule has 1 spiro atoms. The van der Waals surface area contributed by atoms with Gasteiger partial charge in [-0.2, -0.15) is 0 Å². The zero-order chi connectivity index (χ0) is 19.4. The number of hydrogen-bond donors (Lipinski definition) is 1. The van der Waals surface area contributed by atoms with Gasteiger partial charge in [0.1, 0.15) is 5.60 Å². The van der Waals surface area contributed by atoms with Crippen molar-refractivity contribution in [3.05, 3.63) is 71.3 Å². The van der Waals surface area contributed by atoms with Crippen molar-refractivity contribution in [2.24, 2.45) is 5.16 Å². The maximum Gasteiger partial charge on any atom is 0.317 e. The van der Waals surface area contributed by atoms with Crippen LogP contribution in [-0.4, -0.2) is 41.9 Å². The Morgan fingerprint density at radius 1 is 1.11 bits per heavy atom. The number of aryl methyl sites for hydroxylation is 1. The fraction of sp³-hybridized carbons (Fsp3) is 0.391. The highest BCUT2D eigenvalue weighted by Gasteiger charge is 2.43. The van der Waals surface area contributed by atoms with Crippen molar-refractivity contribution in [1.29, 1.82) is 0 Å². The highest BCUT2D eigenvalue weighted by molar-refractivity contribution is 6.01. The van der Waals surface area contributed by atoms with E-state index in [0.29, 0.717) is 19.6 Å². The number of nitrogens with zero attached hydrogens (tertiary/aromatic N) is 2. The first kappa shape index (κ1) is 18.5. The smallest absolute Gasteiger partial charge is 0.317 e. The Kier molecular flexibility index (Phi) is 5.33. The Balaban J connectivity index is 1.24. The molecular weight excluding hydrogens is 350 g/mol. The maximum atomic E-state index is 12.5. The lowest BCUT2D eigenvalue weighted by atomic mass is 9.85. The molecule has 2 aromatic carbocycles. The molecular formula is C23H27N3O2. The maximum absolute atomic E-state index is 12.5. The first-order chi connectivity index (χ1) is 13.6. The second-order valence-electron chi connectivity index (χ2n) is 7.81. The fourth-order valence-corrected chi connectivity index (χ4v) is 3.88. The van der Waals surface area contributed by atoms with Crippen LogP contribution in [0.4, 0.5) is 4.79 Å². The van der Waals surface area contributed by atoms with Crippen molar-refractivity contribution in [3.8, 4) is 0 Å². The van der Waals surface area contributed by atoms with Crippen LogP contribution in [0.3, 0.4) is 0 Å². The van der Waals surface area contributed by atoms with Gasteiger partial charge in [0.2, 0.25) is 0 Å². The Morgan fingerprint density at radius 3 is 2.54 bits per heavy atom. The van der Waals surface area contributed by atoms with E-state index >= 15 is 0 Å². The Hall–Kier alpha value is -2.82. The van der Waals surface area contributed by atoms with Gasteiger partial charge in [-0.05, 0) is 24.5 Å². The van der Waals surface area contributed by atoms with E-state index in [-0.39, 0.29) is 11.6 Å². The minimum Gasteiger partial charge on any atom is -0.388 e. The summed E-state index contributed by atoms with van der Waals surface area (Å²) < 4.78 is 0. The molecule has 0 saturated carbocycles. The normalized spacial score (nSPS) is 17.9. The summed E-state index contributed by atoms with van der Waals surface area (Å²) in [5.74, 6) is 0. The molecule has 0 atom stereocenters. The molecule has 2 heterocycles. The third-order valence-corrected chi connectivity index (χ3v) is 5.72. The molecule has 0 bridgehead atoms. The predicted octanol–water partition coefficient (Wildman–Crippen LogP) is 3.91. The van der Waals surface area contributed by atoms with Crippen molar-refractivity contribution in [2.45, 2.75) is 38.2 Å². The molecule has 2 amide bonds. The Morgan fingerprint density at radius 2 is 1.82 bits per heavy atom. The van der Waals surface area contributed by atoms with Gasteiger partial charge in [0.15, 0.2) is 0 Å². The molecule has 5 nitrogen and oxygen atoms in total. The zero-order valence-electron chi connectivity index (χ0n) is 16.4. The topological polar surface area (TPSA) is 53.9 Å². The first-order valence-electron chi connectivity index (χ1n) is 10.0. The van der Waals surface area contributed by atoms with E-state index in [1.807, 2.05) is 23.1 Å². The molecule has 5 heteroatoms. The van der Waals surface area contributed by atoms with Crippen LogP contribution < -0.4 is 5.32 Å². The van der Waals surface area contributed by atoms with Crippen molar-refractivity contribution in [2.75, 3.05) is 19.6 Å². The van der Waals surface area contributed by atoms with Crippen molar-refractivity contribution >= 4 is 11.7 Å². The third-order valence-electron chi connectivity index (χ3n) is 5.72. The number of nitrogens with one attached hydrogen (secondary N) is 1. The summed E-state index contributed by atoms with van der Waals surface area (Å²) in [5.41, 5.74) is 4.37. The molecule has 2 aliphatic heterocycles. The molecule has 1 saturated heterocycles. The molecule has 0 aromatic heterocycles. The van der Waals surface area contributed by atoms with Gasteiger partial charge in [0, 0.05) is 38.9 Å². The highest BCUT2D eigenvalue weighted by atomic mass is 16.7. The quantitative estimate of drug-likeness (QED) is 0.878. The first-order valence-corrected chi connectivity index (χ1v) is 10.0. The number of carbonyl (C=O) groups excluding carboxylic acids is 1. The number of rotatable bonds is 4. The standard InChI is InChI=1S/C23H27N3O2/c1-18-7-9-20(10-8-18)21-17-23(28-25-21)12-15-26(16-13-23)22(27)24-14-11-19-5-3-2-4-6-19/h2-10H,11-17H2,1H3,(H,24,27). The second-order valence-corrected chi connectivity index (χ2v) is 7.81. The van der Waals surface area contributed by atoms with E-state index in [2.05, 4.69) is 53.8 Å². The largest absolute Gasteiger partial charge is 0.388 e. The van der Waals surface area contributed by atoms with Crippen molar-refractivity contribution < 1.29 is 9.63 Å². The van der Waals surface area contributed by atoms with Crippen molar-refractivity contribution in [1.82, 2.24) is 10.2 Å². The molecule has 2 aromatic rings. The van der Waals surface area contributed by atoms with Crippen LogP contribution in [-0.2, 0) is 11.3 Å². The lowest BCUT2D eigenvalue weighted by Gasteiger charge is -2.37. The molecule has 2 aliphatic rings. The molecule has 146 valence electrons. The molecule has 1 fully saturated rings. The summed E-state index contributed by atoms with van der Waals surface area (Å²) in [5, 5.41) is 7.40. The molecule has 4 rings (SSSR count). The average Bonchev–Trinajstić information content (AvgIpc) is 3.13. The molecule has 0 aliphatic carbocycles. The van der Waals surface area contributed by atoms with Crippen LogP contribution in [0.1, 0.15) is 36.0 Å². The van der Waals surface area contributed by atoms with E-state index in [0.717, 1.165) is 37.0 Å². The number of amides is 2. The van der Waals surface area contributed by atoms with Crippen LogP contribution in [0.5, 0.6) is 0 Å². The average molecular weight is 377 g/mol. The van der Waals surface area contributed by atoms with Crippen molar-refractivity contribution in [3.63, 3.8) is 0 Å². The molecule has 0 unspecified atom stereocenters. The van der Waals surface area contributed by atoms with Crippen LogP contribution in [0.25, 0.3) is 0 Å². The zero-order valence-corrected chi connectivity index (χ0v) is 16.4. The van der Waals surface area contributed by atoms with E-state index in [9.17, 15) is 4.79 Å². The summed E-state index contributed by atoms with van der Waals surface area (Å²) in [7, 11) is 0. The summed E-state index contributed by atoms with van der Waals surface area (Å²) >= 11 is 0. The van der Waals surface area contributed by atoms with Crippen LogP contribution in [0.2, 0.25) is 0 Å². The van der Waals surface area contributed by atoms with Gasteiger partial charge >= 0.3 is 6.03 Å². The lowest BCUT2D eigenvalue weighted by Crippen LogP contribution is -2.50. The third kappa shape index (κ3) is 4.19. The van der Waals surface area contributed by atoms with Gasteiger partial charge in [0.05, 0.1) is 5.71 Å². The number of likely N-dealkylation sites (tertiary alicyclic amines) is 1. The number of hydrogen-bond acceptors (Lipinski definition) is 3. The van der Waals surface area contributed by atoms with Gasteiger partial charge in [-0.1, -0.05) is 65.3 Å². The van der Waals surface area contributed by atoms with Gasteiger partial charge in [-0.3, -0.25) is 0 Å². The molecule has 0 radical (unpaired) electrons. The van der Waals surface area contributed by atoms with E-state index in [1.54, 1.807) is 0 Å². The summed E-state index contributed by atoms with van der Waals surface area (Å²) in [6.45, 7) is 4.14. The van der Waals surface area contributed by atoms with E-state index < -0.39 is 0 Å². The number of piperidine rings is 1. The summed E-state index contributed by atoms with van der Waals surface area (Å²) in [4.78, 5) is 20.2. The molecule has 28 heavy (non-hydrogen) atoms. The highest BCUT2D eigenvalue weighted by Crippen LogP contribution is 2.36. The minimum atomic E-state index is -0.249. The Labute approximate surface area is 166 Å². The van der Waals surface area contributed by atoms with E-state index in [4.69, 9.17) is 4.84 Å². The predicted molar refractivity (Wildman–Crippen MR) is 111 cm³/mol. The van der Waals surface area contributed by atoms with Gasteiger partial charge in [-0.15, -0.1) is 0 Å².